The van der Waals surface area contributed by atoms with Gasteiger partial charge in [-0.1, -0.05) is 11.6 Å². The molecule has 0 aliphatic rings. The van der Waals surface area contributed by atoms with E-state index >= 15 is 0 Å². The molecule has 0 saturated heterocycles. The minimum Gasteiger partial charge on any atom is -0.505 e. The minimum absolute atomic E-state index is 0.0206. The van der Waals surface area contributed by atoms with Crippen LogP contribution in [0.3, 0.4) is 0 Å². The number of nitrogens with one attached hydrogen (secondary N) is 1. The van der Waals surface area contributed by atoms with Crippen molar-refractivity contribution in [1.82, 2.24) is 24.4 Å². The van der Waals surface area contributed by atoms with Gasteiger partial charge in [-0.3, -0.25) is 9.89 Å². The molecule has 3 aromatic rings. The van der Waals surface area contributed by atoms with E-state index in [9.17, 15) is 18.3 Å². The third kappa shape index (κ3) is 3.44. The summed E-state index contributed by atoms with van der Waals surface area (Å²) in [5.74, 6) is -1.21. The second-order valence-corrected chi connectivity index (χ2v) is 6.99. The lowest BCUT2D eigenvalue weighted by Crippen LogP contribution is -2.13. The number of rotatable bonds is 5. The molecule has 0 aliphatic heterocycles. The second kappa shape index (κ2) is 6.49. The van der Waals surface area contributed by atoms with E-state index in [4.69, 9.17) is 11.6 Å². The van der Waals surface area contributed by atoms with Crippen LogP contribution in [0.1, 0.15) is 16.3 Å². The molecule has 0 bridgehead atoms. The van der Waals surface area contributed by atoms with Crippen LogP contribution in [0.15, 0.2) is 53.8 Å². The Morgan fingerprint density at radius 3 is 2.60 bits per heavy atom. The van der Waals surface area contributed by atoms with Crippen LogP contribution < -0.4 is 0 Å². The summed E-state index contributed by atoms with van der Waals surface area (Å²) in [4.78, 5) is 15.4. The largest absolute Gasteiger partial charge is 0.505 e. The van der Waals surface area contributed by atoms with Gasteiger partial charge in [0.15, 0.2) is 5.82 Å². The molecule has 0 aliphatic carbocycles. The van der Waals surface area contributed by atoms with Crippen molar-refractivity contribution in [1.29, 1.82) is 0 Å². The molecule has 128 valence electrons. The van der Waals surface area contributed by atoms with Gasteiger partial charge in [0.25, 0.3) is 10.0 Å². The average Bonchev–Trinajstić information content (AvgIpc) is 3.27. The zero-order valence-electron chi connectivity index (χ0n) is 12.4. The van der Waals surface area contributed by atoms with E-state index in [1.165, 1.54) is 30.3 Å². The summed E-state index contributed by atoms with van der Waals surface area (Å²) in [7, 11) is -3.94. The van der Waals surface area contributed by atoms with Crippen molar-refractivity contribution >= 4 is 33.2 Å². The van der Waals surface area contributed by atoms with E-state index in [1.807, 2.05) is 0 Å². The number of benzene rings is 1. The molecule has 0 unspecified atom stereocenters. The summed E-state index contributed by atoms with van der Waals surface area (Å²) in [5, 5.41) is 20.0. The highest BCUT2D eigenvalue weighted by Gasteiger charge is 2.19. The van der Waals surface area contributed by atoms with Gasteiger partial charge in [-0.2, -0.15) is 22.7 Å². The number of aliphatic hydroxyl groups is 1. The molecule has 2 heterocycles. The molecule has 3 rings (SSSR count). The predicted molar refractivity (Wildman–Crippen MR) is 87.6 cm³/mol. The van der Waals surface area contributed by atoms with Gasteiger partial charge in [-0.05, 0) is 30.3 Å². The van der Waals surface area contributed by atoms with Crippen molar-refractivity contribution in [3.05, 3.63) is 65.5 Å². The van der Waals surface area contributed by atoms with Crippen LogP contribution in [0, 0.1) is 0 Å². The zero-order valence-corrected chi connectivity index (χ0v) is 13.9. The predicted octanol–water partition coefficient (Wildman–Crippen LogP) is 1.67. The van der Waals surface area contributed by atoms with Crippen LogP contribution in [-0.4, -0.2) is 43.7 Å². The summed E-state index contributed by atoms with van der Waals surface area (Å²) in [6.07, 6.45) is 3.16. The number of aromatic nitrogens is 5. The van der Waals surface area contributed by atoms with E-state index in [-0.39, 0.29) is 16.4 Å². The molecule has 0 radical (unpaired) electrons. The highest BCUT2D eigenvalue weighted by atomic mass is 35.5. The van der Waals surface area contributed by atoms with Gasteiger partial charge in [0.1, 0.15) is 17.8 Å². The molecule has 0 saturated carbocycles. The van der Waals surface area contributed by atoms with Crippen molar-refractivity contribution in [3.63, 3.8) is 0 Å². The third-order valence-electron chi connectivity index (χ3n) is 3.10. The number of hydrogen-bond acceptors (Lipinski definition) is 7. The summed E-state index contributed by atoms with van der Waals surface area (Å²) in [6, 6.07) is 6.80. The summed E-state index contributed by atoms with van der Waals surface area (Å²) in [6.45, 7) is 0. The quantitative estimate of drug-likeness (QED) is 0.391. The van der Waals surface area contributed by atoms with Gasteiger partial charge in [-0.25, -0.2) is 4.98 Å². The van der Waals surface area contributed by atoms with Crippen molar-refractivity contribution in [2.45, 2.75) is 4.90 Å². The lowest BCUT2D eigenvalue weighted by atomic mass is 10.2. The first kappa shape index (κ1) is 16.9. The molecule has 0 amide bonds. The molecule has 0 atom stereocenters. The Kier molecular flexibility index (Phi) is 4.38. The SMILES string of the molecule is O=C(C=C(O)c1ccn(S(=O)(=O)c2ccc(Cl)cc2)n1)c1ncn[nH]1. The normalized spacial score (nSPS) is 12.3. The Morgan fingerprint density at radius 1 is 1.24 bits per heavy atom. The fourth-order valence-electron chi connectivity index (χ4n) is 1.88. The first-order valence-electron chi connectivity index (χ1n) is 6.75. The Labute approximate surface area is 146 Å². The van der Waals surface area contributed by atoms with E-state index < -0.39 is 21.6 Å². The van der Waals surface area contributed by atoms with Gasteiger partial charge in [0.05, 0.1) is 4.90 Å². The lowest BCUT2D eigenvalue weighted by Gasteiger charge is -2.04. The number of H-pyrrole nitrogens is 1. The van der Waals surface area contributed by atoms with Crippen molar-refractivity contribution in [2.24, 2.45) is 0 Å². The number of ketones is 1. The van der Waals surface area contributed by atoms with E-state index in [0.717, 1.165) is 18.6 Å². The first-order chi connectivity index (χ1) is 11.9. The number of nitrogens with zero attached hydrogens (tertiary/aromatic N) is 4. The fourth-order valence-corrected chi connectivity index (χ4v) is 3.12. The number of carbonyl (C=O) groups excluding carboxylic acids is 1. The van der Waals surface area contributed by atoms with Crippen LogP contribution in [-0.2, 0) is 10.0 Å². The van der Waals surface area contributed by atoms with Crippen molar-refractivity contribution < 1.29 is 18.3 Å². The van der Waals surface area contributed by atoms with Gasteiger partial charge >= 0.3 is 0 Å². The molecule has 0 spiro atoms. The average molecular weight is 380 g/mol. The number of aromatic amines is 1. The van der Waals surface area contributed by atoms with Crippen molar-refractivity contribution in [2.75, 3.05) is 0 Å². The maximum Gasteiger partial charge on any atom is 0.282 e. The van der Waals surface area contributed by atoms with Gasteiger partial charge < -0.3 is 5.11 Å². The Morgan fingerprint density at radius 2 is 1.96 bits per heavy atom. The molecule has 9 nitrogen and oxygen atoms in total. The topological polar surface area (TPSA) is 131 Å². The van der Waals surface area contributed by atoms with E-state index in [1.54, 1.807) is 0 Å². The molecular weight excluding hydrogens is 370 g/mol. The monoisotopic (exact) mass is 379 g/mol. The zero-order chi connectivity index (χ0) is 18.0. The molecule has 2 aromatic heterocycles. The van der Waals surface area contributed by atoms with Gasteiger partial charge in [-0.15, -0.1) is 0 Å². The molecule has 2 N–H and O–H groups in total. The molecule has 1 aromatic carbocycles. The van der Waals surface area contributed by atoms with E-state index in [0.29, 0.717) is 9.11 Å². The Bertz CT molecular complexity index is 1040. The van der Waals surface area contributed by atoms with Crippen LogP contribution in [0.25, 0.3) is 5.76 Å². The molecule has 11 heteroatoms. The summed E-state index contributed by atoms with van der Waals surface area (Å²) in [5.41, 5.74) is -0.0922. The fraction of sp³-hybridized carbons (Fsp3) is 0. The van der Waals surface area contributed by atoms with Crippen molar-refractivity contribution in [3.8, 4) is 0 Å². The number of aliphatic hydroxyl groups excluding tert-OH is 1. The van der Waals surface area contributed by atoms with Crippen LogP contribution >= 0.6 is 11.6 Å². The Balaban J connectivity index is 1.89. The maximum atomic E-state index is 12.5. The number of halogens is 1. The second-order valence-electron chi connectivity index (χ2n) is 4.76. The minimum atomic E-state index is -3.94. The number of carbonyl (C=O) groups is 1. The van der Waals surface area contributed by atoms with Gasteiger partial charge in [0.2, 0.25) is 5.78 Å². The maximum absolute atomic E-state index is 12.5. The third-order valence-corrected chi connectivity index (χ3v) is 4.92. The standard InChI is InChI=1S/C14H10ClN5O4S/c15-9-1-3-10(4-2-9)25(23,24)20-6-5-11(19-20)12(21)7-13(22)14-16-8-17-18-14/h1-8,21H,(H,16,17,18). The van der Waals surface area contributed by atoms with Crippen LogP contribution in [0.4, 0.5) is 0 Å². The highest BCUT2D eigenvalue weighted by molar-refractivity contribution is 7.89. The summed E-state index contributed by atoms with van der Waals surface area (Å²) < 4.78 is 25.6. The molecule has 25 heavy (non-hydrogen) atoms. The highest BCUT2D eigenvalue weighted by Crippen LogP contribution is 2.18. The van der Waals surface area contributed by atoms with Crippen LogP contribution in [0.2, 0.25) is 5.02 Å². The summed E-state index contributed by atoms with van der Waals surface area (Å²) >= 11 is 5.74. The smallest absolute Gasteiger partial charge is 0.282 e. The first-order valence-corrected chi connectivity index (χ1v) is 8.57. The van der Waals surface area contributed by atoms with E-state index in [2.05, 4.69) is 20.3 Å². The molecular formula is C14H10ClN5O4S. The number of allylic oxidation sites excluding steroid dienone is 1. The lowest BCUT2D eigenvalue weighted by molar-refractivity contribution is 0.103. The van der Waals surface area contributed by atoms with Gasteiger partial charge in [0, 0.05) is 17.3 Å². The van der Waals surface area contributed by atoms with Crippen LogP contribution in [0.5, 0.6) is 0 Å². The number of hydrogen-bond donors (Lipinski definition) is 2. The Hall–Kier alpha value is -2.98. The molecule has 0 fully saturated rings.